The summed E-state index contributed by atoms with van der Waals surface area (Å²) >= 11 is 0. The maximum Gasteiger partial charge on any atom is 0.226 e. The second kappa shape index (κ2) is 4.82. The first-order valence-corrected chi connectivity index (χ1v) is 5.14. The smallest absolute Gasteiger partial charge is 0.226 e. The molecule has 82 valence electrons. The summed E-state index contributed by atoms with van der Waals surface area (Å²) in [6, 6.07) is 5.82. The van der Waals surface area contributed by atoms with E-state index in [4.69, 9.17) is 0 Å². The summed E-state index contributed by atoms with van der Waals surface area (Å²) in [6.07, 6.45) is 0. The minimum atomic E-state index is 0.00245. The van der Waals surface area contributed by atoms with Gasteiger partial charge in [0.15, 0.2) is 0 Å². The predicted octanol–water partition coefficient (Wildman–Crippen LogP) is 2.63. The summed E-state index contributed by atoms with van der Waals surface area (Å²) in [7, 11) is 1.87. The molecule has 0 spiro atoms. The van der Waals surface area contributed by atoms with Gasteiger partial charge in [-0.25, -0.2) is 0 Å². The Hall–Kier alpha value is -1.51. The number of nitrogens with one attached hydrogen (secondary N) is 2. The second-order valence-electron chi connectivity index (χ2n) is 3.87. The van der Waals surface area contributed by atoms with Crippen LogP contribution < -0.4 is 10.6 Å². The molecular formula is C12H18N2O. The zero-order valence-electron chi connectivity index (χ0n) is 9.72. The molecule has 0 aliphatic heterocycles. The monoisotopic (exact) mass is 206 g/mol. The van der Waals surface area contributed by atoms with Crippen LogP contribution in [0.1, 0.15) is 19.4 Å². The Labute approximate surface area is 90.9 Å². The van der Waals surface area contributed by atoms with Crippen molar-refractivity contribution in [2.75, 3.05) is 17.7 Å². The van der Waals surface area contributed by atoms with E-state index in [2.05, 4.69) is 10.6 Å². The van der Waals surface area contributed by atoms with E-state index in [9.17, 15) is 4.79 Å². The normalized spacial score (nSPS) is 10.2. The van der Waals surface area contributed by atoms with Gasteiger partial charge in [-0.05, 0) is 24.6 Å². The SMILES string of the molecule is CNc1cccc(NC(=O)C(C)C)c1C. The zero-order chi connectivity index (χ0) is 11.4. The van der Waals surface area contributed by atoms with Crippen LogP contribution in [0.3, 0.4) is 0 Å². The van der Waals surface area contributed by atoms with Crippen LogP contribution in [0.4, 0.5) is 11.4 Å². The number of rotatable bonds is 3. The zero-order valence-corrected chi connectivity index (χ0v) is 9.72. The van der Waals surface area contributed by atoms with Crippen molar-refractivity contribution in [3.63, 3.8) is 0 Å². The van der Waals surface area contributed by atoms with Crippen molar-refractivity contribution >= 4 is 17.3 Å². The van der Waals surface area contributed by atoms with Crippen LogP contribution in [0.25, 0.3) is 0 Å². The van der Waals surface area contributed by atoms with Gasteiger partial charge in [0.25, 0.3) is 0 Å². The van der Waals surface area contributed by atoms with Gasteiger partial charge >= 0.3 is 0 Å². The third kappa shape index (κ3) is 2.72. The van der Waals surface area contributed by atoms with Gasteiger partial charge in [0.05, 0.1) is 0 Å². The molecule has 0 fully saturated rings. The van der Waals surface area contributed by atoms with Crippen LogP contribution in [-0.4, -0.2) is 13.0 Å². The van der Waals surface area contributed by atoms with E-state index < -0.39 is 0 Å². The lowest BCUT2D eigenvalue weighted by Crippen LogP contribution is -2.18. The van der Waals surface area contributed by atoms with Crippen LogP contribution in [0.2, 0.25) is 0 Å². The molecule has 0 aliphatic rings. The molecule has 3 nitrogen and oxygen atoms in total. The standard InChI is InChI=1S/C12H18N2O/c1-8(2)12(15)14-11-7-5-6-10(13-4)9(11)3/h5-8,13H,1-4H3,(H,14,15). The van der Waals surface area contributed by atoms with Gasteiger partial charge in [0, 0.05) is 24.3 Å². The Morgan fingerprint density at radius 3 is 2.40 bits per heavy atom. The van der Waals surface area contributed by atoms with Crippen LogP contribution in [-0.2, 0) is 4.79 Å². The Balaban J connectivity index is 2.91. The Bertz CT molecular complexity index is 359. The molecule has 2 N–H and O–H groups in total. The lowest BCUT2D eigenvalue weighted by Gasteiger charge is -2.13. The molecular weight excluding hydrogens is 188 g/mol. The van der Waals surface area contributed by atoms with Crippen molar-refractivity contribution in [3.05, 3.63) is 23.8 Å². The third-order valence-corrected chi connectivity index (χ3v) is 2.39. The Morgan fingerprint density at radius 2 is 1.87 bits per heavy atom. The Morgan fingerprint density at radius 1 is 1.27 bits per heavy atom. The average Bonchev–Trinajstić information content (AvgIpc) is 2.21. The van der Waals surface area contributed by atoms with Crippen molar-refractivity contribution in [1.29, 1.82) is 0 Å². The molecule has 0 unspecified atom stereocenters. The van der Waals surface area contributed by atoms with Crippen LogP contribution >= 0.6 is 0 Å². The van der Waals surface area contributed by atoms with E-state index in [1.54, 1.807) is 0 Å². The fraction of sp³-hybridized carbons (Fsp3) is 0.417. The summed E-state index contributed by atoms with van der Waals surface area (Å²) < 4.78 is 0. The van der Waals surface area contributed by atoms with Crippen molar-refractivity contribution in [2.24, 2.45) is 5.92 Å². The van der Waals surface area contributed by atoms with E-state index in [-0.39, 0.29) is 11.8 Å². The molecule has 0 saturated carbocycles. The number of hydrogen-bond donors (Lipinski definition) is 2. The minimum Gasteiger partial charge on any atom is -0.388 e. The minimum absolute atomic E-state index is 0.00245. The third-order valence-electron chi connectivity index (χ3n) is 2.39. The molecule has 3 heteroatoms. The van der Waals surface area contributed by atoms with Gasteiger partial charge in [-0.3, -0.25) is 4.79 Å². The number of carbonyl (C=O) groups is 1. The molecule has 1 amide bonds. The fourth-order valence-corrected chi connectivity index (χ4v) is 1.32. The summed E-state index contributed by atoms with van der Waals surface area (Å²) in [4.78, 5) is 11.5. The molecule has 0 radical (unpaired) electrons. The van der Waals surface area contributed by atoms with Crippen molar-refractivity contribution < 1.29 is 4.79 Å². The molecule has 0 heterocycles. The summed E-state index contributed by atoms with van der Waals surface area (Å²) in [5.41, 5.74) is 2.98. The summed E-state index contributed by atoms with van der Waals surface area (Å²) in [5, 5.41) is 5.99. The van der Waals surface area contributed by atoms with Crippen molar-refractivity contribution in [3.8, 4) is 0 Å². The van der Waals surface area contributed by atoms with Gasteiger partial charge in [0.2, 0.25) is 5.91 Å². The molecule has 0 aliphatic carbocycles. The van der Waals surface area contributed by atoms with E-state index >= 15 is 0 Å². The van der Waals surface area contributed by atoms with Gasteiger partial charge in [-0.1, -0.05) is 19.9 Å². The first-order chi connectivity index (χ1) is 7.06. The number of amides is 1. The first kappa shape index (κ1) is 11.6. The highest BCUT2D eigenvalue weighted by molar-refractivity contribution is 5.93. The van der Waals surface area contributed by atoms with Crippen LogP contribution in [0.15, 0.2) is 18.2 Å². The first-order valence-electron chi connectivity index (χ1n) is 5.14. The second-order valence-corrected chi connectivity index (χ2v) is 3.87. The maximum atomic E-state index is 11.5. The Kier molecular flexibility index (Phi) is 3.72. The van der Waals surface area contributed by atoms with Gasteiger partial charge in [0.1, 0.15) is 0 Å². The molecule has 1 aromatic rings. The van der Waals surface area contributed by atoms with E-state index in [1.807, 2.05) is 46.0 Å². The highest BCUT2D eigenvalue weighted by Crippen LogP contribution is 2.23. The fourth-order valence-electron chi connectivity index (χ4n) is 1.32. The predicted molar refractivity (Wildman–Crippen MR) is 64.2 cm³/mol. The molecule has 1 rings (SSSR count). The highest BCUT2D eigenvalue weighted by Gasteiger charge is 2.09. The van der Waals surface area contributed by atoms with Gasteiger partial charge in [-0.15, -0.1) is 0 Å². The topological polar surface area (TPSA) is 41.1 Å². The molecule has 0 atom stereocenters. The number of benzene rings is 1. The van der Waals surface area contributed by atoms with E-state index in [0.717, 1.165) is 16.9 Å². The average molecular weight is 206 g/mol. The largest absolute Gasteiger partial charge is 0.388 e. The molecule has 0 bridgehead atoms. The van der Waals surface area contributed by atoms with Crippen molar-refractivity contribution in [1.82, 2.24) is 0 Å². The quantitative estimate of drug-likeness (QED) is 0.798. The molecule has 15 heavy (non-hydrogen) atoms. The number of hydrogen-bond acceptors (Lipinski definition) is 2. The number of carbonyl (C=O) groups excluding carboxylic acids is 1. The summed E-state index contributed by atoms with van der Waals surface area (Å²) in [5.74, 6) is 0.0500. The van der Waals surface area contributed by atoms with E-state index in [0.29, 0.717) is 0 Å². The van der Waals surface area contributed by atoms with Gasteiger partial charge < -0.3 is 10.6 Å². The summed E-state index contributed by atoms with van der Waals surface area (Å²) in [6.45, 7) is 5.75. The molecule has 0 aromatic heterocycles. The molecule has 1 aromatic carbocycles. The van der Waals surface area contributed by atoms with Gasteiger partial charge in [-0.2, -0.15) is 0 Å². The van der Waals surface area contributed by atoms with E-state index in [1.165, 1.54) is 0 Å². The lowest BCUT2D eigenvalue weighted by molar-refractivity contribution is -0.118. The number of anilines is 2. The van der Waals surface area contributed by atoms with Crippen molar-refractivity contribution in [2.45, 2.75) is 20.8 Å². The maximum absolute atomic E-state index is 11.5. The van der Waals surface area contributed by atoms with Crippen LogP contribution in [0, 0.1) is 12.8 Å². The highest BCUT2D eigenvalue weighted by atomic mass is 16.1. The van der Waals surface area contributed by atoms with Crippen LogP contribution in [0.5, 0.6) is 0 Å². The molecule has 0 saturated heterocycles. The lowest BCUT2D eigenvalue weighted by atomic mass is 10.1.